The zero-order valence-corrected chi connectivity index (χ0v) is 19.8. The van der Waals surface area contributed by atoms with Gasteiger partial charge >= 0.3 is 0 Å². The van der Waals surface area contributed by atoms with Gasteiger partial charge in [0, 0.05) is 31.7 Å². The molecule has 1 aliphatic heterocycles. The SMILES string of the molecule is CCNC(=NCC(C)(C)c1ccc(OC)cc1)N1CCC(OCC)CC1.I. The van der Waals surface area contributed by atoms with Gasteiger partial charge in [0.1, 0.15) is 5.75 Å². The average molecular weight is 489 g/mol. The van der Waals surface area contributed by atoms with Crippen molar-refractivity contribution >= 4 is 29.9 Å². The summed E-state index contributed by atoms with van der Waals surface area (Å²) in [7, 11) is 1.70. The zero-order chi connectivity index (χ0) is 19.0. The second-order valence-corrected chi connectivity index (χ2v) is 7.42. The Hall–Kier alpha value is -1.02. The standard InChI is InChI=1S/C21H35N3O2.HI/c1-6-22-20(24-14-12-19(13-15-24)26-7-2)23-16-21(3,4)17-8-10-18(25-5)11-9-17;/h8-11,19H,6-7,12-16H2,1-5H3,(H,22,23);1H. The lowest BCUT2D eigenvalue weighted by Crippen LogP contribution is -2.47. The lowest BCUT2D eigenvalue weighted by atomic mass is 9.85. The van der Waals surface area contributed by atoms with Crippen molar-refractivity contribution in [3.05, 3.63) is 29.8 Å². The Balaban J connectivity index is 0.00000364. The summed E-state index contributed by atoms with van der Waals surface area (Å²) in [6.07, 6.45) is 2.54. The van der Waals surface area contributed by atoms with Gasteiger partial charge in [-0.05, 0) is 44.4 Å². The van der Waals surface area contributed by atoms with Crippen LogP contribution in [0.1, 0.15) is 46.1 Å². The van der Waals surface area contributed by atoms with Gasteiger partial charge in [0.05, 0.1) is 19.8 Å². The highest BCUT2D eigenvalue weighted by molar-refractivity contribution is 14.0. The normalized spacial score (nSPS) is 16.0. The molecule has 1 aliphatic rings. The molecule has 1 aromatic carbocycles. The quantitative estimate of drug-likeness (QED) is 0.357. The molecule has 1 fully saturated rings. The molecule has 0 unspecified atom stereocenters. The first-order valence-corrected chi connectivity index (χ1v) is 9.79. The molecule has 27 heavy (non-hydrogen) atoms. The van der Waals surface area contributed by atoms with Gasteiger partial charge in [0.2, 0.25) is 0 Å². The van der Waals surface area contributed by atoms with Gasteiger partial charge in [-0.2, -0.15) is 0 Å². The van der Waals surface area contributed by atoms with Crippen LogP contribution >= 0.6 is 24.0 Å². The van der Waals surface area contributed by atoms with Gasteiger partial charge in [-0.25, -0.2) is 0 Å². The topological polar surface area (TPSA) is 46.1 Å². The van der Waals surface area contributed by atoms with Crippen molar-refractivity contribution in [2.24, 2.45) is 4.99 Å². The molecule has 0 aliphatic carbocycles. The summed E-state index contributed by atoms with van der Waals surface area (Å²) in [6, 6.07) is 8.30. The highest BCUT2D eigenvalue weighted by atomic mass is 127. The molecule has 1 heterocycles. The maximum atomic E-state index is 5.76. The third kappa shape index (κ3) is 7.14. The molecule has 0 atom stereocenters. The Labute approximate surface area is 181 Å². The van der Waals surface area contributed by atoms with Crippen LogP contribution in [0.3, 0.4) is 0 Å². The van der Waals surface area contributed by atoms with Crippen molar-refractivity contribution in [1.82, 2.24) is 10.2 Å². The van der Waals surface area contributed by atoms with Crippen LogP contribution in [0, 0.1) is 0 Å². The molecular formula is C21H36IN3O2. The first-order valence-electron chi connectivity index (χ1n) is 9.79. The number of likely N-dealkylation sites (tertiary alicyclic amines) is 1. The number of hydrogen-bond donors (Lipinski definition) is 1. The summed E-state index contributed by atoms with van der Waals surface area (Å²) in [5.41, 5.74) is 1.24. The van der Waals surface area contributed by atoms with E-state index < -0.39 is 0 Å². The lowest BCUT2D eigenvalue weighted by Gasteiger charge is -2.34. The number of nitrogens with zero attached hydrogens (tertiary/aromatic N) is 2. The Bertz CT molecular complexity index is 567. The number of rotatable bonds is 7. The molecule has 0 aromatic heterocycles. The van der Waals surface area contributed by atoms with Gasteiger partial charge < -0.3 is 19.7 Å². The molecule has 1 saturated heterocycles. The first kappa shape index (κ1) is 24.0. The third-order valence-electron chi connectivity index (χ3n) is 4.97. The van der Waals surface area contributed by atoms with Gasteiger partial charge in [-0.15, -0.1) is 24.0 Å². The molecule has 5 nitrogen and oxygen atoms in total. The number of methoxy groups -OCH3 is 1. The number of ether oxygens (including phenoxy) is 2. The van der Waals surface area contributed by atoms with E-state index in [1.54, 1.807) is 7.11 Å². The Morgan fingerprint density at radius 3 is 2.33 bits per heavy atom. The van der Waals surface area contributed by atoms with Crippen LogP contribution in [0.4, 0.5) is 0 Å². The van der Waals surface area contributed by atoms with Crippen LogP contribution in [-0.4, -0.2) is 56.9 Å². The summed E-state index contributed by atoms with van der Waals surface area (Å²) in [5, 5.41) is 3.46. The van der Waals surface area contributed by atoms with E-state index in [4.69, 9.17) is 14.5 Å². The average Bonchev–Trinajstić information content (AvgIpc) is 2.66. The van der Waals surface area contributed by atoms with E-state index in [1.807, 2.05) is 12.1 Å². The number of aliphatic imine (C=N–C) groups is 1. The van der Waals surface area contributed by atoms with Gasteiger partial charge in [0.15, 0.2) is 5.96 Å². The Morgan fingerprint density at radius 2 is 1.81 bits per heavy atom. The summed E-state index contributed by atoms with van der Waals surface area (Å²) in [5.74, 6) is 1.91. The van der Waals surface area contributed by atoms with E-state index >= 15 is 0 Å². The van der Waals surface area contributed by atoms with E-state index in [2.05, 4.69) is 50.0 Å². The van der Waals surface area contributed by atoms with Crippen LogP contribution in [0.5, 0.6) is 5.75 Å². The predicted octanol–water partition coefficient (Wildman–Crippen LogP) is 4.06. The molecule has 2 rings (SSSR count). The lowest BCUT2D eigenvalue weighted by molar-refractivity contribution is 0.0263. The second-order valence-electron chi connectivity index (χ2n) is 7.42. The fraction of sp³-hybridized carbons (Fsp3) is 0.667. The number of nitrogens with one attached hydrogen (secondary N) is 1. The van der Waals surface area contributed by atoms with E-state index in [-0.39, 0.29) is 29.4 Å². The number of hydrogen-bond acceptors (Lipinski definition) is 3. The first-order chi connectivity index (χ1) is 12.5. The van der Waals surface area contributed by atoms with Crippen molar-refractivity contribution in [2.45, 2.75) is 52.1 Å². The van der Waals surface area contributed by atoms with Crippen molar-refractivity contribution in [1.29, 1.82) is 0 Å². The number of halogens is 1. The Kier molecular flexibility index (Phi) is 10.4. The number of piperidine rings is 1. The molecule has 0 saturated carbocycles. The number of guanidine groups is 1. The highest BCUT2D eigenvalue weighted by Gasteiger charge is 2.24. The molecule has 1 aromatic rings. The molecule has 1 N–H and O–H groups in total. The minimum Gasteiger partial charge on any atom is -0.497 e. The summed E-state index contributed by atoms with van der Waals surface area (Å²) >= 11 is 0. The maximum absolute atomic E-state index is 5.76. The predicted molar refractivity (Wildman–Crippen MR) is 124 cm³/mol. The van der Waals surface area contributed by atoms with Crippen LogP contribution in [-0.2, 0) is 10.2 Å². The van der Waals surface area contributed by atoms with Crippen LogP contribution in [0.15, 0.2) is 29.3 Å². The van der Waals surface area contributed by atoms with Crippen molar-refractivity contribution in [3.63, 3.8) is 0 Å². The molecule has 154 valence electrons. The van der Waals surface area contributed by atoms with Crippen LogP contribution in [0.2, 0.25) is 0 Å². The fourth-order valence-electron chi connectivity index (χ4n) is 3.30. The minimum absolute atomic E-state index is 0. The molecule has 0 spiro atoms. The summed E-state index contributed by atoms with van der Waals surface area (Å²) in [4.78, 5) is 7.32. The molecular weight excluding hydrogens is 453 g/mol. The summed E-state index contributed by atoms with van der Waals surface area (Å²) in [6.45, 7) is 13.1. The van der Waals surface area contributed by atoms with Crippen molar-refractivity contribution in [2.75, 3.05) is 39.9 Å². The zero-order valence-electron chi connectivity index (χ0n) is 17.5. The largest absolute Gasteiger partial charge is 0.497 e. The smallest absolute Gasteiger partial charge is 0.193 e. The van der Waals surface area contributed by atoms with Crippen LogP contribution < -0.4 is 10.1 Å². The summed E-state index contributed by atoms with van der Waals surface area (Å²) < 4.78 is 11.0. The van der Waals surface area contributed by atoms with E-state index in [0.717, 1.165) is 57.3 Å². The van der Waals surface area contributed by atoms with Crippen LogP contribution in [0.25, 0.3) is 0 Å². The molecule has 6 heteroatoms. The molecule has 0 amide bonds. The molecule has 0 radical (unpaired) electrons. The van der Waals surface area contributed by atoms with E-state index in [0.29, 0.717) is 6.10 Å². The van der Waals surface area contributed by atoms with E-state index in [1.165, 1.54) is 5.56 Å². The van der Waals surface area contributed by atoms with Gasteiger partial charge in [-0.1, -0.05) is 26.0 Å². The monoisotopic (exact) mass is 489 g/mol. The van der Waals surface area contributed by atoms with Crippen molar-refractivity contribution < 1.29 is 9.47 Å². The second kappa shape index (κ2) is 11.7. The van der Waals surface area contributed by atoms with Gasteiger partial charge in [-0.3, -0.25) is 4.99 Å². The minimum atomic E-state index is -0.0312. The number of benzene rings is 1. The fourth-order valence-corrected chi connectivity index (χ4v) is 3.30. The Morgan fingerprint density at radius 1 is 1.19 bits per heavy atom. The molecule has 0 bridgehead atoms. The third-order valence-corrected chi connectivity index (χ3v) is 4.97. The van der Waals surface area contributed by atoms with Crippen molar-refractivity contribution in [3.8, 4) is 5.75 Å². The van der Waals surface area contributed by atoms with E-state index in [9.17, 15) is 0 Å². The van der Waals surface area contributed by atoms with Gasteiger partial charge in [0.25, 0.3) is 0 Å². The maximum Gasteiger partial charge on any atom is 0.193 e. The highest BCUT2D eigenvalue weighted by Crippen LogP contribution is 2.26.